The van der Waals surface area contributed by atoms with Crippen molar-refractivity contribution < 1.29 is 9.13 Å². The van der Waals surface area contributed by atoms with Gasteiger partial charge in [0.25, 0.3) is 0 Å². The SMILES string of the molecule is CCN(CC)C(N)=NCC(OC)c1ccc(F)cc1.I. The molecule has 0 aliphatic carbocycles. The predicted octanol–water partition coefficient (Wildman–Crippen LogP) is 2.79. The van der Waals surface area contributed by atoms with Crippen LogP contribution in [-0.4, -0.2) is 37.6 Å². The molecule has 114 valence electrons. The molecule has 1 aromatic carbocycles. The maximum atomic E-state index is 12.9. The van der Waals surface area contributed by atoms with Crippen molar-refractivity contribution in [2.45, 2.75) is 20.0 Å². The molecule has 1 unspecified atom stereocenters. The molecule has 1 aromatic rings. The van der Waals surface area contributed by atoms with Gasteiger partial charge in [-0.05, 0) is 31.5 Å². The second kappa shape index (κ2) is 9.93. The molecule has 1 rings (SSSR count). The summed E-state index contributed by atoms with van der Waals surface area (Å²) >= 11 is 0. The summed E-state index contributed by atoms with van der Waals surface area (Å²) in [5.41, 5.74) is 6.79. The molecule has 4 nitrogen and oxygen atoms in total. The molecular formula is C14H23FIN3O. The topological polar surface area (TPSA) is 50.8 Å². The zero-order valence-corrected chi connectivity index (χ0v) is 14.5. The molecule has 0 amide bonds. The van der Waals surface area contributed by atoms with Gasteiger partial charge in [-0.25, -0.2) is 4.39 Å². The lowest BCUT2D eigenvalue weighted by atomic mass is 10.1. The Morgan fingerprint density at radius 3 is 2.30 bits per heavy atom. The summed E-state index contributed by atoms with van der Waals surface area (Å²) in [7, 11) is 1.61. The maximum Gasteiger partial charge on any atom is 0.191 e. The van der Waals surface area contributed by atoms with Gasteiger partial charge in [0.15, 0.2) is 5.96 Å². The molecule has 0 aliphatic heterocycles. The van der Waals surface area contributed by atoms with E-state index < -0.39 is 0 Å². The monoisotopic (exact) mass is 395 g/mol. The fraction of sp³-hybridized carbons (Fsp3) is 0.500. The summed E-state index contributed by atoms with van der Waals surface area (Å²) in [5, 5.41) is 0. The van der Waals surface area contributed by atoms with Crippen LogP contribution in [0.15, 0.2) is 29.3 Å². The molecule has 0 spiro atoms. The van der Waals surface area contributed by atoms with Gasteiger partial charge in [-0.3, -0.25) is 4.99 Å². The lowest BCUT2D eigenvalue weighted by Crippen LogP contribution is -2.37. The van der Waals surface area contributed by atoms with Gasteiger partial charge in [0.05, 0.1) is 6.54 Å². The van der Waals surface area contributed by atoms with Gasteiger partial charge in [-0.15, -0.1) is 24.0 Å². The van der Waals surface area contributed by atoms with E-state index >= 15 is 0 Å². The smallest absolute Gasteiger partial charge is 0.191 e. The van der Waals surface area contributed by atoms with Crippen molar-refractivity contribution in [3.63, 3.8) is 0 Å². The molecule has 0 aromatic heterocycles. The molecule has 0 radical (unpaired) electrons. The second-order valence-corrected chi connectivity index (χ2v) is 4.15. The van der Waals surface area contributed by atoms with Crippen LogP contribution < -0.4 is 5.73 Å². The summed E-state index contributed by atoms with van der Waals surface area (Å²) in [6.07, 6.45) is -0.213. The van der Waals surface area contributed by atoms with Crippen LogP contribution in [0.25, 0.3) is 0 Å². The number of nitrogens with zero attached hydrogens (tertiary/aromatic N) is 2. The number of hydrogen-bond donors (Lipinski definition) is 1. The Morgan fingerprint density at radius 2 is 1.85 bits per heavy atom. The summed E-state index contributed by atoms with van der Waals surface area (Å²) < 4.78 is 18.2. The van der Waals surface area contributed by atoms with E-state index in [0.717, 1.165) is 18.7 Å². The zero-order valence-electron chi connectivity index (χ0n) is 12.2. The van der Waals surface area contributed by atoms with E-state index in [9.17, 15) is 4.39 Å². The Morgan fingerprint density at radius 1 is 1.30 bits per heavy atom. The molecule has 0 saturated heterocycles. The fourth-order valence-corrected chi connectivity index (χ4v) is 1.82. The van der Waals surface area contributed by atoms with Crippen LogP contribution in [0, 0.1) is 5.82 Å². The van der Waals surface area contributed by atoms with Gasteiger partial charge in [0, 0.05) is 20.2 Å². The van der Waals surface area contributed by atoms with Crippen LogP contribution in [0.1, 0.15) is 25.5 Å². The van der Waals surface area contributed by atoms with Crippen LogP contribution in [0.5, 0.6) is 0 Å². The maximum absolute atomic E-state index is 12.9. The number of benzene rings is 1. The first-order valence-electron chi connectivity index (χ1n) is 6.45. The number of halogens is 2. The lowest BCUT2D eigenvalue weighted by molar-refractivity contribution is 0.110. The first kappa shape index (κ1) is 19.1. The molecule has 0 heterocycles. The Hall–Kier alpha value is -0.890. The van der Waals surface area contributed by atoms with Gasteiger partial charge in [-0.1, -0.05) is 12.1 Å². The van der Waals surface area contributed by atoms with Crippen LogP contribution in [0.3, 0.4) is 0 Å². The quantitative estimate of drug-likeness (QED) is 0.458. The average Bonchev–Trinajstić information content (AvgIpc) is 2.42. The van der Waals surface area contributed by atoms with Crippen LogP contribution in [0.4, 0.5) is 4.39 Å². The van der Waals surface area contributed by atoms with Gasteiger partial charge in [0.2, 0.25) is 0 Å². The number of ether oxygens (including phenoxy) is 1. The molecule has 0 saturated carbocycles. The van der Waals surface area contributed by atoms with Crippen LogP contribution in [-0.2, 0) is 4.74 Å². The van der Waals surface area contributed by atoms with E-state index in [1.165, 1.54) is 12.1 Å². The molecule has 20 heavy (non-hydrogen) atoms. The minimum Gasteiger partial charge on any atom is -0.375 e. The predicted molar refractivity (Wildman–Crippen MR) is 91.0 cm³/mol. The van der Waals surface area contributed by atoms with Gasteiger partial charge in [0.1, 0.15) is 11.9 Å². The highest BCUT2D eigenvalue weighted by molar-refractivity contribution is 14.0. The standard InChI is InChI=1S/C14H22FN3O.HI/c1-4-18(5-2)14(16)17-10-13(19-3)11-6-8-12(15)9-7-11;/h6-9,13H,4-5,10H2,1-3H3,(H2,16,17);1H. The van der Waals surface area contributed by atoms with E-state index in [2.05, 4.69) is 4.99 Å². The molecule has 6 heteroatoms. The Kier molecular flexibility index (Phi) is 9.49. The molecule has 2 N–H and O–H groups in total. The number of nitrogens with two attached hydrogens (primary N) is 1. The Labute approximate surface area is 137 Å². The highest BCUT2D eigenvalue weighted by atomic mass is 127. The van der Waals surface area contributed by atoms with Crippen molar-refractivity contribution >= 4 is 29.9 Å². The summed E-state index contributed by atoms with van der Waals surface area (Å²) in [5.74, 6) is 0.249. The minimum absolute atomic E-state index is 0. The number of rotatable bonds is 6. The number of guanidine groups is 1. The number of aliphatic imine (C=N–C) groups is 1. The van der Waals surface area contributed by atoms with Crippen molar-refractivity contribution in [1.82, 2.24) is 4.90 Å². The first-order chi connectivity index (χ1) is 9.12. The molecular weight excluding hydrogens is 372 g/mol. The van der Waals surface area contributed by atoms with Crippen LogP contribution >= 0.6 is 24.0 Å². The van der Waals surface area contributed by atoms with Crippen molar-refractivity contribution in [3.05, 3.63) is 35.6 Å². The molecule has 0 bridgehead atoms. The van der Waals surface area contributed by atoms with Crippen LogP contribution in [0.2, 0.25) is 0 Å². The van der Waals surface area contributed by atoms with E-state index in [-0.39, 0.29) is 35.9 Å². The Bertz CT molecular complexity index is 407. The fourth-order valence-electron chi connectivity index (χ4n) is 1.82. The number of hydrogen-bond acceptors (Lipinski definition) is 2. The number of methoxy groups -OCH3 is 1. The van der Waals surface area contributed by atoms with E-state index in [1.54, 1.807) is 19.2 Å². The highest BCUT2D eigenvalue weighted by Crippen LogP contribution is 2.17. The van der Waals surface area contributed by atoms with Crippen molar-refractivity contribution in [1.29, 1.82) is 0 Å². The third-order valence-corrected chi connectivity index (χ3v) is 3.03. The molecule has 0 aliphatic rings. The lowest BCUT2D eigenvalue weighted by Gasteiger charge is -2.20. The average molecular weight is 395 g/mol. The first-order valence-corrected chi connectivity index (χ1v) is 6.45. The highest BCUT2D eigenvalue weighted by Gasteiger charge is 2.11. The van der Waals surface area contributed by atoms with E-state index in [1.807, 2.05) is 18.7 Å². The summed E-state index contributed by atoms with van der Waals surface area (Å²) in [4.78, 5) is 6.31. The largest absolute Gasteiger partial charge is 0.375 e. The minimum atomic E-state index is -0.259. The van der Waals surface area contributed by atoms with Gasteiger partial charge < -0.3 is 15.4 Å². The second-order valence-electron chi connectivity index (χ2n) is 4.15. The van der Waals surface area contributed by atoms with Crippen molar-refractivity contribution in [3.8, 4) is 0 Å². The van der Waals surface area contributed by atoms with Crippen molar-refractivity contribution in [2.75, 3.05) is 26.7 Å². The van der Waals surface area contributed by atoms with Gasteiger partial charge in [-0.2, -0.15) is 0 Å². The van der Waals surface area contributed by atoms with Crippen molar-refractivity contribution in [2.24, 2.45) is 10.7 Å². The summed E-state index contributed by atoms with van der Waals surface area (Å²) in [6.45, 7) is 6.11. The van der Waals surface area contributed by atoms with Gasteiger partial charge >= 0.3 is 0 Å². The Balaban J connectivity index is 0.00000361. The molecule has 1 atom stereocenters. The van der Waals surface area contributed by atoms with E-state index in [0.29, 0.717) is 12.5 Å². The normalized spacial score (nSPS) is 12.7. The van der Waals surface area contributed by atoms with E-state index in [4.69, 9.17) is 10.5 Å². The third-order valence-electron chi connectivity index (χ3n) is 3.03. The zero-order chi connectivity index (χ0) is 14.3. The molecule has 0 fully saturated rings. The third kappa shape index (κ3) is 5.62. The summed E-state index contributed by atoms with van der Waals surface area (Å²) in [6, 6.07) is 6.23.